The zero-order chi connectivity index (χ0) is 15.0. The van der Waals surface area contributed by atoms with Crippen LogP contribution in [-0.2, 0) is 9.30 Å². The van der Waals surface area contributed by atoms with Crippen LogP contribution in [0.25, 0.3) is 11.2 Å². The summed E-state index contributed by atoms with van der Waals surface area (Å²) in [5, 5.41) is 0. The van der Waals surface area contributed by atoms with Gasteiger partial charge in [-0.05, 0) is 19.3 Å². The van der Waals surface area contributed by atoms with E-state index in [1.54, 1.807) is 10.9 Å². The molecule has 3 heterocycles. The number of nitrogens with two attached hydrogens (primary N) is 1. The number of anilines is 1. The van der Waals surface area contributed by atoms with Crippen molar-refractivity contribution < 1.29 is 19.1 Å². The molecule has 21 heavy (non-hydrogen) atoms. The summed E-state index contributed by atoms with van der Waals surface area (Å²) in [5.74, 6) is 0.315. The second-order valence-corrected chi connectivity index (χ2v) is 6.83. The molecular weight excluding hydrogens is 297 g/mol. The molecule has 0 aliphatic carbocycles. The Morgan fingerprint density at radius 1 is 1.38 bits per heavy atom. The number of imidazole rings is 1. The molecular formula is C11H16N5O4P. The van der Waals surface area contributed by atoms with Gasteiger partial charge in [0.05, 0.1) is 18.6 Å². The van der Waals surface area contributed by atoms with Gasteiger partial charge in [-0.2, -0.15) is 0 Å². The third-order valence-corrected chi connectivity index (χ3v) is 4.37. The summed E-state index contributed by atoms with van der Waals surface area (Å²) in [7, 11) is -3.98. The zero-order valence-electron chi connectivity index (χ0n) is 11.2. The highest BCUT2D eigenvalue weighted by molar-refractivity contribution is 7.51. The van der Waals surface area contributed by atoms with Gasteiger partial charge in [0.2, 0.25) is 0 Å². The molecule has 2 aromatic rings. The molecule has 0 unspecified atom stereocenters. The number of aromatic nitrogens is 4. The maximum absolute atomic E-state index is 10.9. The van der Waals surface area contributed by atoms with E-state index in [9.17, 15) is 4.57 Å². The molecule has 114 valence electrons. The van der Waals surface area contributed by atoms with Gasteiger partial charge in [-0.15, -0.1) is 0 Å². The molecule has 0 radical (unpaired) electrons. The summed E-state index contributed by atoms with van der Waals surface area (Å²) >= 11 is 0. The fourth-order valence-electron chi connectivity index (χ4n) is 2.50. The summed E-state index contributed by atoms with van der Waals surface area (Å²) in [5.41, 5.74) is 6.86. The van der Waals surface area contributed by atoms with Gasteiger partial charge in [-0.3, -0.25) is 9.13 Å². The van der Waals surface area contributed by atoms with Crippen LogP contribution in [-0.4, -0.2) is 41.6 Å². The van der Waals surface area contributed by atoms with E-state index in [0.717, 1.165) is 12.8 Å². The van der Waals surface area contributed by atoms with Crippen molar-refractivity contribution in [3.8, 4) is 0 Å². The average Bonchev–Trinajstić information content (AvgIpc) is 3.02. The predicted molar refractivity (Wildman–Crippen MR) is 74.4 cm³/mol. The van der Waals surface area contributed by atoms with Crippen molar-refractivity contribution >= 4 is 24.6 Å². The van der Waals surface area contributed by atoms with Crippen LogP contribution >= 0.6 is 7.60 Å². The topological polar surface area (TPSA) is 136 Å². The van der Waals surface area contributed by atoms with Crippen LogP contribution in [0.5, 0.6) is 0 Å². The smallest absolute Gasteiger partial charge is 0.325 e. The number of hydrogen-bond acceptors (Lipinski definition) is 6. The monoisotopic (exact) mass is 313 g/mol. The third kappa shape index (κ3) is 3.06. The van der Waals surface area contributed by atoms with Crippen molar-refractivity contribution in [3.63, 3.8) is 0 Å². The molecule has 2 aromatic heterocycles. The minimum atomic E-state index is -3.98. The molecule has 1 aliphatic heterocycles. The molecule has 9 nitrogen and oxygen atoms in total. The van der Waals surface area contributed by atoms with Crippen LogP contribution in [0.2, 0.25) is 0 Å². The van der Waals surface area contributed by atoms with Crippen LogP contribution < -0.4 is 5.73 Å². The lowest BCUT2D eigenvalue weighted by Gasteiger charge is -2.15. The molecule has 0 bridgehead atoms. The molecule has 0 aromatic carbocycles. The average molecular weight is 313 g/mol. The second kappa shape index (κ2) is 5.34. The van der Waals surface area contributed by atoms with Crippen LogP contribution in [0.4, 0.5) is 5.82 Å². The molecule has 0 saturated carbocycles. The molecule has 3 rings (SSSR count). The van der Waals surface area contributed by atoms with Crippen LogP contribution in [0.1, 0.15) is 25.5 Å². The Kier molecular flexibility index (Phi) is 3.66. The van der Waals surface area contributed by atoms with E-state index in [2.05, 4.69) is 15.0 Å². The summed E-state index contributed by atoms with van der Waals surface area (Å²) in [6, 6.07) is 0. The Bertz CT molecular complexity index is 699. The Hall–Kier alpha value is -1.54. The van der Waals surface area contributed by atoms with Crippen molar-refractivity contribution in [3.05, 3.63) is 12.7 Å². The van der Waals surface area contributed by atoms with Gasteiger partial charge in [0.1, 0.15) is 18.1 Å². The zero-order valence-corrected chi connectivity index (χ0v) is 12.1. The highest BCUT2D eigenvalue weighted by atomic mass is 31.2. The first kappa shape index (κ1) is 14.4. The summed E-state index contributed by atoms with van der Waals surface area (Å²) < 4.78 is 18.5. The van der Waals surface area contributed by atoms with Gasteiger partial charge in [0, 0.05) is 0 Å². The number of fused-ring (bicyclic) bond motifs is 1. The Labute approximate surface area is 120 Å². The van der Waals surface area contributed by atoms with Crippen LogP contribution in [0, 0.1) is 0 Å². The number of hydrogen-bond donors (Lipinski definition) is 3. The van der Waals surface area contributed by atoms with Crippen molar-refractivity contribution in [1.29, 1.82) is 0 Å². The van der Waals surface area contributed by atoms with Gasteiger partial charge in [-0.1, -0.05) is 0 Å². The highest BCUT2D eigenvalue weighted by Crippen LogP contribution is 2.39. The van der Waals surface area contributed by atoms with Crippen molar-refractivity contribution in [1.82, 2.24) is 19.5 Å². The van der Waals surface area contributed by atoms with Crippen LogP contribution in [0.3, 0.4) is 0 Å². The summed E-state index contributed by atoms with van der Waals surface area (Å²) in [4.78, 5) is 30.0. The van der Waals surface area contributed by atoms with Crippen molar-refractivity contribution in [2.24, 2.45) is 0 Å². The third-order valence-electron chi connectivity index (χ3n) is 3.52. The maximum Gasteiger partial charge on any atom is 0.325 e. The lowest BCUT2D eigenvalue weighted by Crippen LogP contribution is -2.12. The minimum Gasteiger partial charge on any atom is -0.382 e. The molecule has 4 N–H and O–H groups in total. The van der Waals surface area contributed by atoms with E-state index in [1.807, 2.05) is 0 Å². The molecule has 2 atom stereocenters. The van der Waals surface area contributed by atoms with E-state index in [-0.39, 0.29) is 18.5 Å². The number of nitrogen functional groups attached to an aromatic ring is 1. The molecule has 1 fully saturated rings. The Morgan fingerprint density at radius 2 is 2.19 bits per heavy atom. The summed E-state index contributed by atoms with van der Waals surface area (Å²) in [6.07, 6.45) is 4.22. The van der Waals surface area contributed by atoms with Gasteiger partial charge in [0.25, 0.3) is 0 Å². The largest absolute Gasteiger partial charge is 0.382 e. The van der Waals surface area contributed by atoms with E-state index >= 15 is 0 Å². The number of rotatable bonds is 4. The van der Waals surface area contributed by atoms with E-state index in [1.165, 1.54) is 6.33 Å². The van der Waals surface area contributed by atoms with E-state index in [4.69, 9.17) is 20.3 Å². The molecule has 0 amide bonds. The first-order valence-corrected chi connectivity index (χ1v) is 8.37. The molecule has 0 spiro atoms. The van der Waals surface area contributed by atoms with Gasteiger partial charge >= 0.3 is 7.60 Å². The predicted octanol–water partition coefficient (Wildman–Crippen LogP) is 0.654. The van der Waals surface area contributed by atoms with Crippen LogP contribution in [0.15, 0.2) is 12.7 Å². The molecule has 10 heteroatoms. The van der Waals surface area contributed by atoms with E-state index in [0.29, 0.717) is 23.4 Å². The van der Waals surface area contributed by atoms with Crippen molar-refractivity contribution in [2.45, 2.75) is 31.6 Å². The Balaban J connectivity index is 1.73. The SMILES string of the molecule is Nc1ncnc2c1ncn2[C@H]1CC[C@@H](CCP(=O)(O)O)O1. The van der Waals surface area contributed by atoms with Gasteiger partial charge in [-0.25, -0.2) is 15.0 Å². The minimum absolute atomic E-state index is 0.163. The number of ether oxygens (including phenoxy) is 1. The summed E-state index contributed by atoms with van der Waals surface area (Å²) in [6.45, 7) is 0. The van der Waals surface area contributed by atoms with Gasteiger partial charge < -0.3 is 20.3 Å². The first-order chi connectivity index (χ1) is 9.94. The van der Waals surface area contributed by atoms with E-state index < -0.39 is 7.60 Å². The quantitative estimate of drug-likeness (QED) is 0.700. The maximum atomic E-state index is 10.9. The first-order valence-electron chi connectivity index (χ1n) is 6.57. The molecule has 1 aliphatic rings. The second-order valence-electron chi connectivity index (χ2n) is 5.05. The molecule has 1 saturated heterocycles. The lowest BCUT2D eigenvalue weighted by atomic mass is 10.2. The highest BCUT2D eigenvalue weighted by Gasteiger charge is 2.29. The lowest BCUT2D eigenvalue weighted by molar-refractivity contribution is 0.00277. The van der Waals surface area contributed by atoms with Gasteiger partial charge in [0.15, 0.2) is 11.5 Å². The standard InChI is InChI=1S/C11H16N5O4P/c12-10-9-11(14-5-13-10)16(6-15-9)8-2-1-7(20-8)3-4-21(17,18)19/h5-8H,1-4H2,(H2,12,13,14)(H2,17,18,19)/t7-,8+/m0/s1. The normalized spacial score (nSPS) is 23.0. The van der Waals surface area contributed by atoms with Crippen molar-refractivity contribution in [2.75, 3.05) is 11.9 Å². The number of nitrogens with zero attached hydrogens (tertiary/aromatic N) is 4. The Morgan fingerprint density at radius 3 is 2.95 bits per heavy atom. The fourth-order valence-corrected chi connectivity index (χ4v) is 3.12. The fraction of sp³-hybridized carbons (Fsp3) is 0.545.